The van der Waals surface area contributed by atoms with Crippen molar-refractivity contribution in [2.75, 3.05) is 16.9 Å². The van der Waals surface area contributed by atoms with Crippen molar-refractivity contribution in [2.45, 2.75) is 33.1 Å². The molecule has 112 valence electrons. The number of aromatic nitrogens is 2. The molecule has 0 aliphatic carbocycles. The van der Waals surface area contributed by atoms with Gasteiger partial charge in [0, 0.05) is 17.8 Å². The number of unbranched alkanes of at least 4 members (excludes halogenated alkanes) is 1. The molecule has 1 aromatic carbocycles. The van der Waals surface area contributed by atoms with Crippen molar-refractivity contribution < 1.29 is 0 Å². The molecule has 0 saturated heterocycles. The van der Waals surface area contributed by atoms with Crippen LogP contribution in [0.5, 0.6) is 0 Å². The van der Waals surface area contributed by atoms with Crippen molar-refractivity contribution in [2.24, 2.45) is 5.84 Å². The van der Waals surface area contributed by atoms with Gasteiger partial charge in [0.15, 0.2) is 0 Å². The lowest BCUT2D eigenvalue weighted by molar-refractivity contribution is 0.774. The fourth-order valence-corrected chi connectivity index (χ4v) is 2.37. The third kappa shape index (κ3) is 3.49. The van der Waals surface area contributed by atoms with Crippen LogP contribution in [0, 0.1) is 0 Å². The second-order valence-corrected chi connectivity index (χ2v) is 4.86. The van der Waals surface area contributed by atoms with Crippen molar-refractivity contribution in [3.63, 3.8) is 0 Å². The summed E-state index contributed by atoms with van der Waals surface area (Å²) >= 11 is 0. The normalized spacial score (nSPS) is 10.4. The number of anilines is 3. The third-order valence-corrected chi connectivity index (χ3v) is 3.47. The standard InChI is InChI=1S/C16H23N5/c1-3-5-11-21(13-9-7-6-8-10-13)16-14(4-2)15(20-17)18-12-19-16/h6-10,12H,3-5,11,17H2,1-2H3,(H,18,19,20). The molecule has 3 N–H and O–H groups in total. The molecule has 5 nitrogen and oxygen atoms in total. The van der Waals surface area contributed by atoms with Gasteiger partial charge in [0.25, 0.3) is 0 Å². The van der Waals surface area contributed by atoms with E-state index in [9.17, 15) is 0 Å². The van der Waals surface area contributed by atoms with Crippen molar-refractivity contribution in [1.82, 2.24) is 9.97 Å². The van der Waals surface area contributed by atoms with Gasteiger partial charge in [0.1, 0.15) is 18.0 Å². The molecule has 1 heterocycles. The first-order valence-corrected chi connectivity index (χ1v) is 7.44. The zero-order chi connectivity index (χ0) is 15.1. The minimum atomic E-state index is 0.694. The molecule has 0 saturated carbocycles. The lowest BCUT2D eigenvalue weighted by atomic mass is 10.1. The fraction of sp³-hybridized carbons (Fsp3) is 0.375. The molecule has 0 aliphatic heterocycles. The Balaban J connectivity index is 2.46. The van der Waals surface area contributed by atoms with Crippen LogP contribution < -0.4 is 16.2 Å². The van der Waals surface area contributed by atoms with Crippen LogP contribution in [0.15, 0.2) is 36.7 Å². The highest BCUT2D eigenvalue weighted by Crippen LogP contribution is 2.30. The van der Waals surface area contributed by atoms with Crippen molar-refractivity contribution >= 4 is 17.3 Å². The maximum Gasteiger partial charge on any atom is 0.148 e. The lowest BCUT2D eigenvalue weighted by Crippen LogP contribution is -2.22. The van der Waals surface area contributed by atoms with Gasteiger partial charge in [0.05, 0.1) is 0 Å². The van der Waals surface area contributed by atoms with Gasteiger partial charge < -0.3 is 10.3 Å². The molecule has 0 bridgehead atoms. The van der Waals surface area contributed by atoms with E-state index in [4.69, 9.17) is 5.84 Å². The smallest absolute Gasteiger partial charge is 0.148 e. The first-order valence-electron chi connectivity index (χ1n) is 7.44. The number of nitrogens with two attached hydrogens (primary N) is 1. The molecule has 0 amide bonds. The Hall–Kier alpha value is -2.14. The largest absolute Gasteiger partial charge is 0.326 e. The minimum absolute atomic E-state index is 0.694. The summed E-state index contributed by atoms with van der Waals surface area (Å²) in [4.78, 5) is 11.0. The van der Waals surface area contributed by atoms with E-state index in [1.807, 2.05) is 18.2 Å². The summed E-state index contributed by atoms with van der Waals surface area (Å²) < 4.78 is 0. The predicted molar refractivity (Wildman–Crippen MR) is 87.6 cm³/mol. The van der Waals surface area contributed by atoms with E-state index in [1.165, 1.54) is 0 Å². The van der Waals surface area contributed by atoms with Crippen LogP contribution in [-0.4, -0.2) is 16.5 Å². The van der Waals surface area contributed by atoms with Crippen molar-refractivity contribution in [3.05, 3.63) is 42.2 Å². The molecule has 5 heteroatoms. The van der Waals surface area contributed by atoms with E-state index in [0.717, 1.165) is 42.9 Å². The van der Waals surface area contributed by atoms with Gasteiger partial charge in [0.2, 0.25) is 0 Å². The minimum Gasteiger partial charge on any atom is -0.326 e. The summed E-state index contributed by atoms with van der Waals surface area (Å²) in [7, 11) is 0. The zero-order valence-corrected chi connectivity index (χ0v) is 12.7. The summed E-state index contributed by atoms with van der Waals surface area (Å²) in [5, 5.41) is 0. The number of rotatable bonds is 7. The molecule has 0 fully saturated rings. The maximum atomic E-state index is 5.58. The number of nitrogen functional groups attached to an aromatic ring is 1. The molecule has 0 radical (unpaired) electrons. The first-order chi connectivity index (χ1) is 10.3. The Morgan fingerprint density at radius 2 is 1.90 bits per heavy atom. The number of nitrogens with one attached hydrogen (secondary N) is 1. The summed E-state index contributed by atoms with van der Waals surface area (Å²) in [5.74, 6) is 7.20. The average molecular weight is 285 g/mol. The highest BCUT2D eigenvalue weighted by molar-refractivity contribution is 5.67. The molecule has 0 aliphatic rings. The molecule has 0 unspecified atom stereocenters. The Bertz CT molecular complexity index is 556. The lowest BCUT2D eigenvalue weighted by Gasteiger charge is -2.26. The Labute approximate surface area is 126 Å². The molecule has 2 rings (SSSR count). The van der Waals surface area contributed by atoms with Gasteiger partial charge in [-0.05, 0) is 25.0 Å². The van der Waals surface area contributed by atoms with Crippen LogP contribution in [0.1, 0.15) is 32.3 Å². The monoisotopic (exact) mass is 285 g/mol. The first kappa shape index (κ1) is 15.3. The van der Waals surface area contributed by atoms with Crippen molar-refractivity contribution in [1.29, 1.82) is 0 Å². The summed E-state index contributed by atoms with van der Waals surface area (Å²) in [6, 6.07) is 10.3. The zero-order valence-electron chi connectivity index (χ0n) is 12.7. The molecule has 0 spiro atoms. The van der Waals surface area contributed by atoms with E-state index >= 15 is 0 Å². The van der Waals surface area contributed by atoms with Gasteiger partial charge >= 0.3 is 0 Å². The molecule has 1 aromatic heterocycles. The molecular formula is C16H23N5. The number of nitrogens with zero attached hydrogens (tertiary/aromatic N) is 3. The number of benzene rings is 1. The Morgan fingerprint density at radius 1 is 1.14 bits per heavy atom. The van der Waals surface area contributed by atoms with Gasteiger partial charge in [-0.2, -0.15) is 0 Å². The van der Waals surface area contributed by atoms with Crippen LogP contribution in [-0.2, 0) is 6.42 Å². The fourth-order valence-electron chi connectivity index (χ4n) is 2.37. The topological polar surface area (TPSA) is 67.1 Å². The average Bonchev–Trinajstić information content (AvgIpc) is 2.55. The van der Waals surface area contributed by atoms with Gasteiger partial charge in [-0.1, -0.05) is 38.5 Å². The van der Waals surface area contributed by atoms with E-state index in [-0.39, 0.29) is 0 Å². The highest BCUT2D eigenvalue weighted by Gasteiger charge is 2.16. The van der Waals surface area contributed by atoms with Crippen LogP contribution >= 0.6 is 0 Å². The second kappa shape index (κ2) is 7.59. The summed E-state index contributed by atoms with van der Waals surface area (Å²) in [6.07, 6.45) is 4.63. The van der Waals surface area contributed by atoms with E-state index in [1.54, 1.807) is 6.33 Å². The molecule has 21 heavy (non-hydrogen) atoms. The maximum absolute atomic E-state index is 5.58. The predicted octanol–water partition coefficient (Wildman–Crippen LogP) is 3.26. The highest BCUT2D eigenvalue weighted by atomic mass is 15.3. The number of hydrogen-bond acceptors (Lipinski definition) is 5. The summed E-state index contributed by atoms with van der Waals surface area (Å²) in [6.45, 7) is 5.21. The van der Waals surface area contributed by atoms with Gasteiger partial charge in [-0.25, -0.2) is 15.8 Å². The van der Waals surface area contributed by atoms with Crippen LogP contribution in [0.3, 0.4) is 0 Å². The number of hydrazine groups is 1. The number of hydrogen-bond donors (Lipinski definition) is 2. The van der Waals surface area contributed by atoms with Crippen LogP contribution in [0.4, 0.5) is 17.3 Å². The molecular weight excluding hydrogens is 262 g/mol. The molecule has 0 atom stereocenters. The van der Waals surface area contributed by atoms with E-state index in [0.29, 0.717) is 5.82 Å². The number of para-hydroxylation sites is 1. The van der Waals surface area contributed by atoms with Crippen LogP contribution in [0.25, 0.3) is 0 Å². The SMILES string of the molecule is CCCCN(c1ccccc1)c1ncnc(NN)c1CC. The Morgan fingerprint density at radius 3 is 2.52 bits per heavy atom. The Kier molecular flexibility index (Phi) is 5.51. The van der Waals surface area contributed by atoms with E-state index < -0.39 is 0 Å². The van der Waals surface area contributed by atoms with E-state index in [2.05, 4.69) is 46.3 Å². The van der Waals surface area contributed by atoms with Crippen molar-refractivity contribution in [3.8, 4) is 0 Å². The second-order valence-electron chi connectivity index (χ2n) is 4.86. The molecule has 2 aromatic rings. The summed E-state index contributed by atoms with van der Waals surface area (Å²) in [5.41, 5.74) is 4.85. The van der Waals surface area contributed by atoms with Gasteiger partial charge in [-0.3, -0.25) is 0 Å². The quantitative estimate of drug-likeness (QED) is 0.603. The van der Waals surface area contributed by atoms with Crippen LogP contribution in [0.2, 0.25) is 0 Å². The van der Waals surface area contributed by atoms with Gasteiger partial charge in [-0.15, -0.1) is 0 Å². The third-order valence-electron chi connectivity index (χ3n) is 3.47.